The minimum absolute atomic E-state index is 1.07. The summed E-state index contributed by atoms with van der Waals surface area (Å²) < 4.78 is 4.88. The van der Waals surface area contributed by atoms with Crippen molar-refractivity contribution in [1.82, 2.24) is 9.55 Å². The van der Waals surface area contributed by atoms with Crippen molar-refractivity contribution in [3.8, 4) is 27.9 Å². The fraction of sp³-hybridized carbons (Fsp3) is 0. The molecule has 178 valence electrons. The summed E-state index contributed by atoms with van der Waals surface area (Å²) in [6.45, 7) is 0. The Morgan fingerprint density at radius 2 is 1.24 bits per heavy atom. The van der Waals surface area contributed by atoms with Crippen LogP contribution >= 0.6 is 11.3 Å². The molecule has 0 N–H and O–H groups in total. The number of rotatable bonds is 3. The van der Waals surface area contributed by atoms with Gasteiger partial charge in [0.05, 0.1) is 21.3 Å². The predicted molar refractivity (Wildman–Crippen MR) is 162 cm³/mol. The van der Waals surface area contributed by atoms with Gasteiger partial charge in [-0.3, -0.25) is 4.98 Å². The van der Waals surface area contributed by atoms with Crippen LogP contribution < -0.4 is 0 Å². The van der Waals surface area contributed by atoms with Gasteiger partial charge in [-0.2, -0.15) is 0 Å². The van der Waals surface area contributed by atoms with Crippen LogP contribution in [-0.2, 0) is 0 Å². The number of thiophene rings is 1. The van der Waals surface area contributed by atoms with E-state index >= 15 is 0 Å². The second-order valence-corrected chi connectivity index (χ2v) is 10.7. The van der Waals surface area contributed by atoms with Gasteiger partial charge in [0.2, 0.25) is 0 Å². The Hall–Kier alpha value is -4.73. The molecule has 2 nitrogen and oxygen atoms in total. The van der Waals surface area contributed by atoms with Gasteiger partial charge in [0.15, 0.2) is 0 Å². The molecule has 5 aromatic carbocycles. The van der Waals surface area contributed by atoms with E-state index in [1.165, 1.54) is 58.8 Å². The first-order valence-electron chi connectivity index (χ1n) is 12.8. The molecule has 0 aliphatic carbocycles. The third-order valence-corrected chi connectivity index (χ3v) is 8.62. The second kappa shape index (κ2) is 8.41. The Labute approximate surface area is 224 Å². The number of para-hydroxylation sites is 2. The van der Waals surface area contributed by atoms with Crippen LogP contribution in [0.5, 0.6) is 0 Å². The minimum Gasteiger partial charge on any atom is -0.309 e. The molecule has 0 radical (unpaired) electrons. The van der Waals surface area contributed by atoms with Crippen LogP contribution in [-0.4, -0.2) is 9.55 Å². The molecule has 8 rings (SSSR count). The molecule has 0 unspecified atom stereocenters. The second-order valence-electron chi connectivity index (χ2n) is 9.64. The molecule has 0 aliphatic heterocycles. The van der Waals surface area contributed by atoms with Crippen LogP contribution in [0.25, 0.3) is 70.0 Å². The van der Waals surface area contributed by atoms with Crippen LogP contribution in [0.1, 0.15) is 0 Å². The van der Waals surface area contributed by atoms with Crippen molar-refractivity contribution in [2.45, 2.75) is 0 Å². The summed E-state index contributed by atoms with van der Waals surface area (Å²) in [5, 5.41) is 3.76. The number of aromatic nitrogens is 2. The summed E-state index contributed by atoms with van der Waals surface area (Å²) in [5.41, 5.74) is 9.55. The van der Waals surface area contributed by atoms with Gasteiger partial charge in [0.1, 0.15) is 0 Å². The first-order chi connectivity index (χ1) is 18.8. The van der Waals surface area contributed by atoms with Crippen molar-refractivity contribution < 1.29 is 0 Å². The molecule has 0 saturated heterocycles. The minimum atomic E-state index is 1.07. The molecule has 8 aromatic rings. The van der Waals surface area contributed by atoms with Gasteiger partial charge in [0, 0.05) is 38.3 Å². The number of hydrogen-bond acceptors (Lipinski definition) is 2. The van der Waals surface area contributed by atoms with E-state index in [1.807, 2.05) is 23.6 Å². The summed E-state index contributed by atoms with van der Waals surface area (Å²) in [5.74, 6) is 0. The van der Waals surface area contributed by atoms with Crippen LogP contribution in [0.4, 0.5) is 0 Å². The molecule has 0 atom stereocenters. The van der Waals surface area contributed by atoms with Gasteiger partial charge in [-0.1, -0.05) is 78.9 Å². The lowest BCUT2D eigenvalue weighted by Crippen LogP contribution is -1.94. The van der Waals surface area contributed by atoms with E-state index in [0.29, 0.717) is 0 Å². The van der Waals surface area contributed by atoms with Crippen LogP contribution in [0.15, 0.2) is 134 Å². The Morgan fingerprint density at radius 3 is 2.03 bits per heavy atom. The van der Waals surface area contributed by atoms with E-state index in [9.17, 15) is 0 Å². The number of hydrogen-bond donors (Lipinski definition) is 0. The molecule has 3 aromatic heterocycles. The van der Waals surface area contributed by atoms with E-state index in [-0.39, 0.29) is 0 Å². The highest BCUT2D eigenvalue weighted by Crippen LogP contribution is 2.42. The average molecular weight is 503 g/mol. The highest BCUT2D eigenvalue weighted by atomic mass is 32.1. The molecule has 0 saturated carbocycles. The van der Waals surface area contributed by atoms with E-state index in [4.69, 9.17) is 4.98 Å². The lowest BCUT2D eigenvalue weighted by atomic mass is 9.96. The predicted octanol–water partition coefficient (Wildman–Crippen LogP) is 9.88. The Balaban J connectivity index is 1.39. The zero-order valence-electron chi connectivity index (χ0n) is 20.5. The van der Waals surface area contributed by atoms with Crippen molar-refractivity contribution in [2.24, 2.45) is 0 Å². The molecule has 0 amide bonds. The largest absolute Gasteiger partial charge is 0.309 e. The first kappa shape index (κ1) is 21.4. The number of fused-ring (bicyclic) bond motifs is 6. The quantitative estimate of drug-likeness (QED) is 0.235. The molecular formula is C35H22N2S. The zero-order valence-corrected chi connectivity index (χ0v) is 21.3. The van der Waals surface area contributed by atoms with Gasteiger partial charge in [-0.25, -0.2) is 0 Å². The van der Waals surface area contributed by atoms with E-state index in [0.717, 1.165) is 11.2 Å². The van der Waals surface area contributed by atoms with Crippen molar-refractivity contribution in [2.75, 3.05) is 0 Å². The van der Waals surface area contributed by atoms with E-state index < -0.39 is 0 Å². The van der Waals surface area contributed by atoms with Gasteiger partial charge in [-0.15, -0.1) is 11.3 Å². The van der Waals surface area contributed by atoms with Gasteiger partial charge < -0.3 is 4.57 Å². The molecular weight excluding hydrogens is 480 g/mol. The lowest BCUT2D eigenvalue weighted by Gasteiger charge is -2.12. The molecule has 38 heavy (non-hydrogen) atoms. The molecule has 0 spiro atoms. The topological polar surface area (TPSA) is 17.8 Å². The number of pyridine rings is 1. The molecule has 0 fully saturated rings. The SMILES string of the molecule is c1ccc(-c2cc(-c3cccc(-n4c5ccccc5c5ccccc54)c3)cc3c2sc2cccnc23)cc1. The summed E-state index contributed by atoms with van der Waals surface area (Å²) in [7, 11) is 0. The van der Waals surface area contributed by atoms with Crippen molar-refractivity contribution in [1.29, 1.82) is 0 Å². The smallest absolute Gasteiger partial charge is 0.0888 e. The Kier molecular flexibility index (Phi) is 4.73. The van der Waals surface area contributed by atoms with E-state index in [1.54, 1.807) is 0 Å². The highest BCUT2D eigenvalue weighted by Gasteiger charge is 2.16. The number of benzene rings is 5. The third kappa shape index (κ3) is 3.22. The summed E-state index contributed by atoms with van der Waals surface area (Å²) in [6.07, 6.45) is 1.90. The standard InChI is InChI=1S/C35H22N2S/c1-2-10-23(11-3-1)29-21-25(22-30-34-33(38-35(29)30)18-9-19-36-34)24-12-8-13-26(20-24)37-31-16-6-4-14-27(31)28-15-5-7-17-32(28)37/h1-22H. The number of nitrogens with zero attached hydrogens (tertiary/aromatic N) is 2. The van der Waals surface area contributed by atoms with Gasteiger partial charge in [0.25, 0.3) is 0 Å². The van der Waals surface area contributed by atoms with Gasteiger partial charge in [-0.05, 0) is 65.2 Å². The third-order valence-electron chi connectivity index (χ3n) is 7.43. The van der Waals surface area contributed by atoms with Gasteiger partial charge >= 0.3 is 0 Å². The Bertz CT molecular complexity index is 2080. The zero-order chi connectivity index (χ0) is 25.1. The summed E-state index contributed by atoms with van der Waals surface area (Å²) in [4.78, 5) is 4.77. The van der Waals surface area contributed by atoms with Crippen molar-refractivity contribution >= 4 is 53.4 Å². The summed E-state index contributed by atoms with van der Waals surface area (Å²) in [6, 6.07) is 45.8. The molecule has 3 heteroatoms. The molecule has 3 heterocycles. The average Bonchev–Trinajstić information content (AvgIpc) is 3.53. The lowest BCUT2D eigenvalue weighted by molar-refractivity contribution is 1.18. The summed E-state index contributed by atoms with van der Waals surface area (Å²) >= 11 is 1.82. The first-order valence-corrected chi connectivity index (χ1v) is 13.6. The fourth-order valence-corrected chi connectivity index (χ4v) is 6.90. The van der Waals surface area contributed by atoms with Crippen molar-refractivity contribution in [3.05, 3.63) is 134 Å². The van der Waals surface area contributed by atoms with Crippen LogP contribution in [0.2, 0.25) is 0 Å². The van der Waals surface area contributed by atoms with Crippen LogP contribution in [0, 0.1) is 0 Å². The van der Waals surface area contributed by atoms with E-state index in [2.05, 4.69) is 126 Å². The Morgan fingerprint density at radius 1 is 0.526 bits per heavy atom. The van der Waals surface area contributed by atoms with Crippen LogP contribution in [0.3, 0.4) is 0 Å². The maximum absolute atomic E-state index is 4.77. The maximum Gasteiger partial charge on any atom is 0.0888 e. The monoisotopic (exact) mass is 502 g/mol. The fourth-order valence-electron chi connectivity index (χ4n) is 5.72. The highest BCUT2D eigenvalue weighted by molar-refractivity contribution is 7.26. The normalized spacial score (nSPS) is 11.7. The molecule has 0 bridgehead atoms. The maximum atomic E-state index is 4.77. The van der Waals surface area contributed by atoms with Crippen molar-refractivity contribution in [3.63, 3.8) is 0 Å². The molecule has 0 aliphatic rings.